The summed E-state index contributed by atoms with van der Waals surface area (Å²) in [7, 11) is 0. The largest absolute Gasteiger partial charge is 0.326 e. The molecule has 4 heteroatoms. The smallest absolute Gasteiger partial charge is 0.0702 e. The predicted molar refractivity (Wildman–Crippen MR) is 80.4 cm³/mol. The van der Waals surface area contributed by atoms with E-state index in [1.165, 1.54) is 5.56 Å². The van der Waals surface area contributed by atoms with Gasteiger partial charge in [-0.3, -0.25) is 9.67 Å². The van der Waals surface area contributed by atoms with E-state index >= 15 is 0 Å². The van der Waals surface area contributed by atoms with Crippen LogP contribution in [0.1, 0.15) is 22.5 Å². The number of aromatic nitrogens is 3. The zero-order valence-corrected chi connectivity index (χ0v) is 11.8. The summed E-state index contributed by atoms with van der Waals surface area (Å²) in [4.78, 5) is 4.34. The van der Waals surface area contributed by atoms with Gasteiger partial charge in [-0.25, -0.2) is 0 Å². The summed E-state index contributed by atoms with van der Waals surface area (Å²) >= 11 is 0. The van der Waals surface area contributed by atoms with Crippen LogP contribution < -0.4 is 5.73 Å². The molecule has 3 rings (SSSR count). The zero-order chi connectivity index (χ0) is 14.1. The summed E-state index contributed by atoms with van der Waals surface area (Å²) in [5, 5.41) is 5.74. The van der Waals surface area contributed by atoms with Crippen LogP contribution in [0.2, 0.25) is 0 Å². The molecule has 0 radical (unpaired) electrons. The van der Waals surface area contributed by atoms with Crippen LogP contribution in [0.3, 0.4) is 0 Å². The maximum atomic E-state index is 5.77. The third-order valence-electron chi connectivity index (χ3n) is 3.74. The normalized spacial score (nSPS) is 11.2. The second kappa shape index (κ2) is 5.06. The number of rotatable bonds is 3. The molecule has 3 aromatic rings. The second-order valence-electron chi connectivity index (χ2n) is 5.04. The van der Waals surface area contributed by atoms with E-state index in [0.717, 1.165) is 34.4 Å². The van der Waals surface area contributed by atoms with E-state index in [1.807, 2.05) is 23.9 Å². The molecule has 0 unspecified atom stereocenters. The van der Waals surface area contributed by atoms with Crippen LogP contribution >= 0.6 is 0 Å². The van der Waals surface area contributed by atoms with Gasteiger partial charge in [0.1, 0.15) is 0 Å². The average Bonchev–Trinajstić information content (AvgIpc) is 2.73. The van der Waals surface area contributed by atoms with Crippen LogP contribution in [0.4, 0.5) is 0 Å². The standard InChI is InChI=1S/C16H18N4/c1-11-15(9-17)12(2)20(19-11)10-13-5-6-16-14(8-13)4-3-7-18-16/h3-8H,9-10,17H2,1-2H3. The predicted octanol–water partition coefficient (Wildman–Crippen LogP) is 2.56. The molecule has 20 heavy (non-hydrogen) atoms. The number of aryl methyl sites for hydroxylation is 1. The maximum absolute atomic E-state index is 5.77. The Morgan fingerprint density at radius 2 is 2.05 bits per heavy atom. The van der Waals surface area contributed by atoms with E-state index in [0.29, 0.717) is 6.54 Å². The lowest BCUT2D eigenvalue weighted by atomic mass is 10.1. The van der Waals surface area contributed by atoms with Gasteiger partial charge in [0, 0.05) is 29.4 Å². The molecule has 0 aliphatic carbocycles. The minimum atomic E-state index is 0.541. The molecule has 2 N–H and O–H groups in total. The van der Waals surface area contributed by atoms with Crippen molar-refractivity contribution in [3.05, 3.63) is 59.0 Å². The van der Waals surface area contributed by atoms with Crippen LogP contribution in [-0.2, 0) is 13.1 Å². The molecule has 0 aliphatic heterocycles. The summed E-state index contributed by atoms with van der Waals surface area (Å²) < 4.78 is 2.02. The van der Waals surface area contributed by atoms with Crippen molar-refractivity contribution >= 4 is 10.9 Å². The molecule has 0 bridgehead atoms. The molecule has 2 aromatic heterocycles. The van der Waals surface area contributed by atoms with E-state index in [-0.39, 0.29) is 0 Å². The molecule has 0 atom stereocenters. The topological polar surface area (TPSA) is 56.7 Å². The number of hydrogen-bond donors (Lipinski definition) is 1. The third-order valence-corrected chi connectivity index (χ3v) is 3.74. The van der Waals surface area contributed by atoms with Gasteiger partial charge in [0.05, 0.1) is 17.8 Å². The lowest BCUT2D eigenvalue weighted by Crippen LogP contribution is -2.05. The van der Waals surface area contributed by atoms with Gasteiger partial charge in [-0.15, -0.1) is 0 Å². The van der Waals surface area contributed by atoms with Gasteiger partial charge in [0.15, 0.2) is 0 Å². The monoisotopic (exact) mass is 266 g/mol. The molecule has 2 heterocycles. The Hall–Kier alpha value is -2.20. The van der Waals surface area contributed by atoms with Crippen molar-refractivity contribution in [3.63, 3.8) is 0 Å². The van der Waals surface area contributed by atoms with Crippen molar-refractivity contribution in [2.75, 3.05) is 0 Å². The highest BCUT2D eigenvalue weighted by Gasteiger charge is 2.10. The van der Waals surface area contributed by atoms with E-state index in [2.05, 4.69) is 41.3 Å². The van der Waals surface area contributed by atoms with Gasteiger partial charge in [-0.2, -0.15) is 5.10 Å². The Labute approximate surface area is 118 Å². The van der Waals surface area contributed by atoms with Crippen molar-refractivity contribution in [1.82, 2.24) is 14.8 Å². The third kappa shape index (κ3) is 2.18. The summed E-state index contributed by atoms with van der Waals surface area (Å²) in [5.74, 6) is 0. The zero-order valence-electron chi connectivity index (χ0n) is 11.8. The number of benzene rings is 1. The van der Waals surface area contributed by atoms with Crippen molar-refractivity contribution < 1.29 is 0 Å². The van der Waals surface area contributed by atoms with Gasteiger partial charge in [0.2, 0.25) is 0 Å². The van der Waals surface area contributed by atoms with Gasteiger partial charge >= 0.3 is 0 Å². The maximum Gasteiger partial charge on any atom is 0.0702 e. The van der Waals surface area contributed by atoms with E-state index in [4.69, 9.17) is 5.73 Å². The number of fused-ring (bicyclic) bond motifs is 1. The molecular formula is C16H18N4. The molecule has 0 amide bonds. The first-order chi connectivity index (χ1) is 9.69. The summed E-state index contributed by atoms with van der Waals surface area (Å²) in [5.41, 5.74) is 11.3. The molecule has 4 nitrogen and oxygen atoms in total. The van der Waals surface area contributed by atoms with E-state index in [9.17, 15) is 0 Å². The molecule has 0 spiro atoms. The highest BCUT2D eigenvalue weighted by atomic mass is 15.3. The summed E-state index contributed by atoms with van der Waals surface area (Å²) in [6, 6.07) is 10.4. The Balaban J connectivity index is 1.97. The van der Waals surface area contributed by atoms with Crippen LogP contribution in [0, 0.1) is 13.8 Å². The van der Waals surface area contributed by atoms with Gasteiger partial charge in [0.25, 0.3) is 0 Å². The second-order valence-corrected chi connectivity index (χ2v) is 5.04. The van der Waals surface area contributed by atoms with Gasteiger partial charge in [-0.05, 0) is 37.6 Å². The van der Waals surface area contributed by atoms with E-state index in [1.54, 1.807) is 0 Å². The highest BCUT2D eigenvalue weighted by Crippen LogP contribution is 2.17. The average molecular weight is 266 g/mol. The quantitative estimate of drug-likeness (QED) is 0.792. The molecule has 0 saturated carbocycles. The van der Waals surface area contributed by atoms with Gasteiger partial charge in [-0.1, -0.05) is 12.1 Å². The molecule has 0 aliphatic rings. The number of nitrogens with zero attached hydrogens (tertiary/aromatic N) is 3. The number of pyridine rings is 1. The van der Waals surface area contributed by atoms with Crippen LogP contribution in [-0.4, -0.2) is 14.8 Å². The lowest BCUT2D eigenvalue weighted by molar-refractivity contribution is 0.658. The van der Waals surface area contributed by atoms with Crippen molar-refractivity contribution in [2.45, 2.75) is 26.9 Å². The number of hydrogen-bond acceptors (Lipinski definition) is 3. The fourth-order valence-corrected chi connectivity index (χ4v) is 2.58. The van der Waals surface area contributed by atoms with Gasteiger partial charge < -0.3 is 5.73 Å². The van der Waals surface area contributed by atoms with E-state index < -0.39 is 0 Å². The fourth-order valence-electron chi connectivity index (χ4n) is 2.58. The molecule has 1 aromatic carbocycles. The SMILES string of the molecule is Cc1nn(Cc2ccc3ncccc3c2)c(C)c1CN. The molecular weight excluding hydrogens is 248 g/mol. The summed E-state index contributed by atoms with van der Waals surface area (Å²) in [6.07, 6.45) is 1.82. The van der Waals surface area contributed by atoms with Crippen LogP contribution in [0.5, 0.6) is 0 Å². The van der Waals surface area contributed by atoms with Crippen LogP contribution in [0.15, 0.2) is 36.5 Å². The first kappa shape index (κ1) is 12.8. The van der Waals surface area contributed by atoms with Crippen molar-refractivity contribution in [2.24, 2.45) is 5.73 Å². The Kier molecular flexibility index (Phi) is 3.24. The van der Waals surface area contributed by atoms with Crippen molar-refractivity contribution in [1.29, 1.82) is 0 Å². The Bertz CT molecular complexity index is 758. The van der Waals surface area contributed by atoms with Crippen LogP contribution in [0.25, 0.3) is 10.9 Å². The first-order valence-electron chi connectivity index (χ1n) is 6.75. The number of nitrogens with two attached hydrogens (primary N) is 1. The summed E-state index contributed by atoms with van der Waals surface area (Å²) in [6.45, 7) is 5.39. The minimum Gasteiger partial charge on any atom is -0.326 e. The first-order valence-corrected chi connectivity index (χ1v) is 6.75. The Morgan fingerprint density at radius 1 is 1.20 bits per heavy atom. The Morgan fingerprint density at radius 3 is 2.80 bits per heavy atom. The fraction of sp³-hybridized carbons (Fsp3) is 0.250. The minimum absolute atomic E-state index is 0.541. The van der Waals surface area contributed by atoms with Crippen molar-refractivity contribution in [3.8, 4) is 0 Å². The highest BCUT2D eigenvalue weighted by molar-refractivity contribution is 5.78. The molecule has 0 saturated heterocycles. The molecule has 102 valence electrons. The molecule has 0 fully saturated rings. The lowest BCUT2D eigenvalue weighted by Gasteiger charge is -2.06.